The number of anilines is 1. The maximum Gasteiger partial charge on any atom is 0.118 e. The Morgan fingerprint density at radius 1 is 1.20 bits per heavy atom. The number of aliphatic hydroxyl groups excluding tert-OH is 1. The van der Waals surface area contributed by atoms with Crippen LogP contribution in [0.2, 0.25) is 0 Å². The maximum absolute atomic E-state index is 10.2. The molecule has 2 N–H and O–H groups in total. The molecule has 2 aromatic rings. The number of ether oxygens (including phenoxy) is 1. The molecule has 0 fully saturated rings. The van der Waals surface area contributed by atoms with Crippen LogP contribution in [-0.4, -0.2) is 18.8 Å². The molecular formula is C16H18BrNO2. The number of aryl methyl sites for hydroxylation is 1. The zero-order valence-corrected chi connectivity index (χ0v) is 13.1. The highest BCUT2D eigenvalue weighted by atomic mass is 79.9. The van der Waals surface area contributed by atoms with Gasteiger partial charge in [-0.25, -0.2) is 0 Å². The summed E-state index contributed by atoms with van der Waals surface area (Å²) in [5, 5.41) is 13.4. The predicted molar refractivity (Wildman–Crippen MR) is 85.3 cm³/mol. The van der Waals surface area contributed by atoms with Gasteiger partial charge in [-0.05, 0) is 58.2 Å². The molecule has 0 aromatic heterocycles. The van der Waals surface area contributed by atoms with Gasteiger partial charge in [0.1, 0.15) is 5.75 Å². The minimum absolute atomic E-state index is 0.452. The third-order valence-electron chi connectivity index (χ3n) is 3.11. The average Bonchev–Trinajstić information content (AvgIpc) is 2.46. The van der Waals surface area contributed by atoms with Crippen molar-refractivity contribution in [2.45, 2.75) is 13.0 Å². The van der Waals surface area contributed by atoms with Crippen LogP contribution in [0, 0.1) is 6.92 Å². The van der Waals surface area contributed by atoms with Crippen LogP contribution in [-0.2, 0) is 0 Å². The van der Waals surface area contributed by atoms with Crippen LogP contribution in [0.1, 0.15) is 17.2 Å². The molecule has 20 heavy (non-hydrogen) atoms. The summed E-state index contributed by atoms with van der Waals surface area (Å²) < 4.78 is 6.10. The fraction of sp³-hybridized carbons (Fsp3) is 0.250. The maximum atomic E-state index is 10.2. The Kier molecular flexibility index (Phi) is 5.04. The molecule has 2 rings (SSSR count). The van der Waals surface area contributed by atoms with E-state index in [0.29, 0.717) is 6.54 Å². The lowest BCUT2D eigenvalue weighted by molar-refractivity contribution is 0.191. The van der Waals surface area contributed by atoms with Gasteiger partial charge in [-0.2, -0.15) is 0 Å². The number of aliphatic hydroxyl groups is 1. The number of hydrogen-bond donors (Lipinski definition) is 2. The van der Waals surface area contributed by atoms with E-state index in [1.807, 2.05) is 49.4 Å². The lowest BCUT2D eigenvalue weighted by Gasteiger charge is -2.15. The Morgan fingerprint density at radius 2 is 1.90 bits per heavy atom. The largest absolute Gasteiger partial charge is 0.497 e. The van der Waals surface area contributed by atoms with E-state index in [9.17, 15) is 5.11 Å². The van der Waals surface area contributed by atoms with E-state index in [1.165, 1.54) is 5.56 Å². The molecule has 0 saturated carbocycles. The van der Waals surface area contributed by atoms with Crippen molar-refractivity contribution in [3.8, 4) is 5.75 Å². The van der Waals surface area contributed by atoms with Gasteiger partial charge in [0.05, 0.1) is 13.2 Å². The van der Waals surface area contributed by atoms with Gasteiger partial charge in [-0.1, -0.05) is 18.2 Å². The summed E-state index contributed by atoms with van der Waals surface area (Å²) in [4.78, 5) is 0. The van der Waals surface area contributed by atoms with Crippen molar-refractivity contribution in [1.82, 2.24) is 0 Å². The topological polar surface area (TPSA) is 41.5 Å². The second-order valence-corrected chi connectivity index (χ2v) is 5.51. The van der Waals surface area contributed by atoms with Crippen LogP contribution in [0.25, 0.3) is 0 Å². The van der Waals surface area contributed by atoms with E-state index in [-0.39, 0.29) is 0 Å². The first-order valence-corrected chi connectivity index (χ1v) is 7.21. The summed E-state index contributed by atoms with van der Waals surface area (Å²) in [5.74, 6) is 0.787. The first kappa shape index (κ1) is 14.9. The van der Waals surface area contributed by atoms with Crippen molar-refractivity contribution >= 4 is 21.6 Å². The van der Waals surface area contributed by atoms with E-state index in [2.05, 4.69) is 21.2 Å². The Bertz CT molecular complexity index is 569. The molecule has 0 radical (unpaired) electrons. The molecule has 0 heterocycles. The van der Waals surface area contributed by atoms with Crippen LogP contribution in [0.15, 0.2) is 46.9 Å². The lowest BCUT2D eigenvalue weighted by atomic mass is 10.1. The van der Waals surface area contributed by atoms with Crippen molar-refractivity contribution < 1.29 is 9.84 Å². The molecule has 0 amide bonds. The molecule has 3 nitrogen and oxygen atoms in total. The minimum Gasteiger partial charge on any atom is -0.497 e. The van der Waals surface area contributed by atoms with Crippen LogP contribution in [0.5, 0.6) is 5.75 Å². The van der Waals surface area contributed by atoms with Gasteiger partial charge in [-0.15, -0.1) is 0 Å². The number of hydrogen-bond acceptors (Lipinski definition) is 3. The summed E-state index contributed by atoms with van der Waals surface area (Å²) >= 11 is 3.51. The second-order valence-electron chi connectivity index (χ2n) is 4.65. The van der Waals surface area contributed by atoms with Gasteiger partial charge >= 0.3 is 0 Å². The van der Waals surface area contributed by atoms with Crippen molar-refractivity contribution in [3.63, 3.8) is 0 Å². The van der Waals surface area contributed by atoms with E-state index in [1.54, 1.807) is 7.11 Å². The number of methoxy groups -OCH3 is 1. The van der Waals surface area contributed by atoms with E-state index >= 15 is 0 Å². The highest BCUT2D eigenvalue weighted by molar-refractivity contribution is 9.10. The van der Waals surface area contributed by atoms with Gasteiger partial charge < -0.3 is 15.2 Å². The molecule has 0 saturated heterocycles. The fourth-order valence-corrected chi connectivity index (χ4v) is 2.55. The predicted octanol–water partition coefficient (Wildman–Crippen LogP) is 3.91. The number of benzene rings is 2. The van der Waals surface area contributed by atoms with Crippen LogP contribution in [0.3, 0.4) is 0 Å². The molecule has 0 aliphatic heterocycles. The Labute approximate surface area is 127 Å². The lowest BCUT2D eigenvalue weighted by Crippen LogP contribution is -2.12. The van der Waals surface area contributed by atoms with E-state index in [0.717, 1.165) is 21.5 Å². The molecule has 0 aliphatic rings. The first-order valence-electron chi connectivity index (χ1n) is 6.42. The van der Waals surface area contributed by atoms with Gasteiger partial charge in [0.25, 0.3) is 0 Å². The molecule has 0 aliphatic carbocycles. The second kappa shape index (κ2) is 6.77. The van der Waals surface area contributed by atoms with Crippen LogP contribution in [0.4, 0.5) is 5.69 Å². The van der Waals surface area contributed by atoms with Crippen molar-refractivity contribution in [2.24, 2.45) is 0 Å². The Morgan fingerprint density at radius 3 is 2.50 bits per heavy atom. The third kappa shape index (κ3) is 3.74. The van der Waals surface area contributed by atoms with Gasteiger partial charge in [0.15, 0.2) is 0 Å². The molecule has 106 valence electrons. The molecule has 0 bridgehead atoms. The SMILES string of the molecule is COc1ccc(C(O)CNc2ccc(C)cc2Br)cc1. The van der Waals surface area contributed by atoms with E-state index in [4.69, 9.17) is 4.74 Å². The summed E-state index contributed by atoms with van der Waals surface area (Å²) in [7, 11) is 1.63. The summed E-state index contributed by atoms with van der Waals surface area (Å²) in [5.41, 5.74) is 3.03. The number of halogens is 1. The highest BCUT2D eigenvalue weighted by Gasteiger charge is 2.08. The molecule has 0 spiro atoms. The molecular weight excluding hydrogens is 318 g/mol. The fourth-order valence-electron chi connectivity index (χ4n) is 1.91. The highest BCUT2D eigenvalue weighted by Crippen LogP contribution is 2.24. The normalized spacial score (nSPS) is 12.0. The zero-order valence-electron chi connectivity index (χ0n) is 11.6. The average molecular weight is 336 g/mol. The van der Waals surface area contributed by atoms with Crippen LogP contribution >= 0.6 is 15.9 Å². The third-order valence-corrected chi connectivity index (χ3v) is 3.77. The van der Waals surface area contributed by atoms with E-state index < -0.39 is 6.10 Å². The van der Waals surface area contributed by atoms with Crippen molar-refractivity contribution in [1.29, 1.82) is 0 Å². The summed E-state index contributed by atoms with van der Waals surface area (Å²) in [6.07, 6.45) is -0.561. The first-order chi connectivity index (χ1) is 9.60. The number of nitrogens with one attached hydrogen (secondary N) is 1. The van der Waals surface area contributed by atoms with Gasteiger partial charge in [-0.3, -0.25) is 0 Å². The summed E-state index contributed by atoms with van der Waals surface area (Å²) in [6, 6.07) is 13.5. The standard InChI is InChI=1S/C16H18BrNO2/c1-11-3-8-15(14(17)9-11)18-10-16(19)12-4-6-13(20-2)7-5-12/h3-9,16,18-19H,10H2,1-2H3. The van der Waals surface area contributed by atoms with Crippen molar-refractivity contribution in [3.05, 3.63) is 58.1 Å². The minimum atomic E-state index is -0.561. The monoisotopic (exact) mass is 335 g/mol. The van der Waals surface area contributed by atoms with Crippen molar-refractivity contribution in [2.75, 3.05) is 19.0 Å². The number of rotatable bonds is 5. The van der Waals surface area contributed by atoms with Crippen LogP contribution < -0.4 is 10.1 Å². The molecule has 2 aromatic carbocycles. The zero-order chi connectivity index (χ0) is 14.5. The summed E-state index contributed by atoms with van der Waals surface area (Å²) in [6.45, 7) is 2.49. The van der Waals surface area contributed by atoms with Gasteiger partial charge in [0.2, 0.25) is 0 Å². The Balaban J connectivity index is 1.98. The molecule has 4 heteroatoms. The Hall–Kier alpha value is -1.52. The quantitative estimate of drug-likeness (QED) is 0.870. The molecule has 1 atom stereocenters. The van der Waals surface area contributed by atoms with Gasteiger partial charge in [0, 0.05) is 16.7 Å². The smallest absolute Gasteiger partial charge is 0.118 e. The molecule has 1 unspecified atom stereocenters.